The highest BCUT2D eigenvalue weighted by Crippen LogP contribution is 2.37. The van der Waals surface area contributed by atoms with Crippen LogP contribution < -0.4 is 0 Å². The molecule has 7 heteroatoms. The molecule has 1 aliphatic carbocycles. The fraction of sp³-hybridized carbons (Fsp3) is 0.308. The second-order valence-corrected chi connectivity index (χ2v) is 8.64. The zero-order valence-electron chi connectivity index (χ0n) is 18.4. The summed E-state index contributed by atoms with van der Waals surface area (Å²) in [6.07, 6.45) is 5.95. The molecular formula is C26H25FN2O4. The molecule has 0 radical (unpaired) electrons. The van der Waals surface area contributed by atoms with E-state index in [2.05, 4.69) is 18.2 Å². The number of hydrogen-bond acceptors (Lipinski definition) is 6. The molecule has 1 fully saturated rings. The van der Waals surface area contributed by atoms with Crippen LogP contribution in [-0.2, 0) is 25.5 Å². The van der Waals surface area contributed by atoms with Gasteiger partial charge >= 0.3 is 17.8 Å². The van der Waals surface area contributed by atoms with Crippen molar-refractivity contribution in [3.63, 3.8) is 0 Å². The molecule has 1 saturated heterocycles. The lowest BCUT2D eigenvalue weighted by molar-refractivity contribution is -0.297. The van der Waals surface area contributed by atoms with E-state index in [9.17, 15) is 14.0 Å². The number of esters is 2. The Morgan fingerprint density at radius 2 is 1.67 bits per heavy atom. The van der Waals surface area contributed by atoms with Gasteiger partial charge in [0.05, 0.1) is 6.54 Å². The molecule has 1 spiro atoms. The van der Waals surface area contributed by atoms with Crippen molar-refractivity contribution in [3.05, 3.63) is 77.6 Å². The van der Waals surface area contributed by atoms with E-state index >= 15 is 0 Å². The van der Waals surface area contributed by atoms with Crippen molar-refractivity contribution in [2.75, 3.05) is 33.2 Å². The van der Waals surface area contributed by atoms with Crippen LogP contribution in [0.3, 0.4) is 0 Å². The van der Waals surface area contributed by atoms with Crippen LogP contribution in [0.5, 0.6) is 0 Å². The molecule has 0 saturated carbocycles. The van der Waals surface area contributed by atoms with Crippen molar-refractivity contribution < 1.29 is 23.5 Å². The molecule has 2 aromatic carbocycles. The van der Waals surface area contributed by atoms with E-state index in [-0.39, 0.29) is 12.4 Å². The standard InChI is InChI=1S/C26H25FN2O4/c1-28-15-16-29(26(17-28)32-24(30)11-12-25(31)33-26)14-13-19-7-10-23-21(3-2-4-22(19)23)18-5-8-20(27)9-6-18/h2-9,11-12H,10,13-17H2,1H3. The summed E-state index contributed by atoms with van der Waals surface area (Å²) in [5, 5.41) is 0. The first-order chi connectivity index (χ1) is 15.9. The van der Waals surface area contributed by atoms with E-state index in [0.717, 1.165) is 36.2 Å². The molecule has 5 rings (SSSR count). The molecule has 2 heterocycles. The summed E-state index contributed by atoms with van der Waals surface area (Å²) in [4.78, 5) is 28.2. The van der Waals surface area contributed by atoms with E-state index < -0.39 is 17.8 Å². The smallest absolute Gasteiger partial charge is 0.335 e. The first-order valence-corrected chi connectivity index (χ1v) is 11.1. The third-order valence-electron chi connectivity index (χ3n) is 6.46. The van der Waals surface area contributed by atoms with E-state index in [1.54, 1.807) is 12.1 Å². The summed E-state index contributed by atoms with van der Waals surface area (Å²) in [6.45, 7) is 2.23. The minimum atomic E-state index is -1.43. The molecule has 3 aliphatic rings. The summed E-state index contributed by atoms with van der Waals surface area (Å²) in [5.74, 6) is -2.85. The van der Waals surface area contributed by atoms with Crippen molar-refractivity contribution in [2.24, 2.45) is 0 Å². The molecule has 0 bridgehead atoms. The van der Waals surface area contributed by atoms with Crippen LogP contribution >= 0.6 is 0 Å². The summed E-state index contributed by atoms with van der Waals surface area (Å²) in [6, 6.07) is 12.8. The molecule has 0 N–H and O–H groups in total. The Bertz CT molecular complexity index is 1140. The molecule has 2 aromatic rings. The maximum atomic E-state index is 13.4. The summed E-state index contributed by atoms with van der Waals surface area (Å²) < 4.78 is 24.6. The van der Waals surface area contributed by atoms with E-state index in [0.29, 0.717) is 19.5 Å². The number of allylic oxidation sites excluding steroid dienone is 1. The van der Waals surface area contributed by atoms with Gasteiger partial charge in [0, 0.05) is 31.8 Å². The predicted molar refractivity (Wildman–Crippen MR) is 121 cm³/mol. The SMILES string of the molecule is CN1CCN(CCC2=CCc3c2cccc3-c2ccc(F)cc2)C2(C1)OC(=O)C=CC(=O)O2. The summed E-state index contributed by atoms with van der Waals surface area (Å²) in [7, 11) is 1.91. The van der Waals surface area contributed by atoms with Crippen LogP contribution in [0.15, 0.2) is 60.7 Å². The number of carbonyl (C=O) groups excluding carboxylic acids is 2. The number of ether oxygens (including phenoxy) is 2. The first-order valence-electron chi connectivity index (χ1n) is 11.1. The largest absolute Gasteiger partial charge is 0.404 e. The minimum absolute atomic E-state index is 0.249. The van der Waals surface area contributed by atoms with E-state index in [1.807, 2.05) is 22.9 Å². The summed E-state index contributed by atoms with van der Waals surface area (Å²) in [5.41, 5.74) is 5.70. The van der Waals surface area contributed by atoms with Gasteiger partial charge in [-0.3, -0.25) is 4.90 Å². The number of nitrogens with zero attached hydrogens (tertiary/aromatic N) is 2. The fourth-order valence-electron chi connectivity index (χ4n) is 4.83. The Labute approximate surface area is 191 Å². The maximum Gasteiger partial charge on any atom is 0.335 e. The molecule has 6 nitrogen and oxygen atoms in total. The van der Waals surface area contributed by atoms with Crippen LogP contribution in [0.4, 0.5) is 4.39 Å². The lowest BCUT2D eigenvalue weighted by Crippen LogP contribution is -2.65. The Kier molecular flexibility index (Phi) is 5.60. The van der Waals surface area contributed by atoms with E-state index in [4.69, 9.17) is 9.47 Å². The van der Waals surface area contributed by atoms with Gasteiger partial charge in [0.1, 0.15) is 5.82 Å². The zero-order valence-corrected chi connectivity index (χ0v) is 18.4. The quantitative estimate of drug-likeness (QED) is 0.669. The average Bonchev–Trinajstić information content (AvgIpc) is 3.14. The topological polar surface area (TPSA) is 59.1 Å². The highest BCUT2D eigenvalue weighted by Gasteiger charge is 2.48. The third kappa shape index (κ3) is 4.21. The van der Waals surface area contributed by atoms with Gasteiger partial charge in [0.25, 0.3) is 0 Å². The number of carbonyl (C=O) groups is 2. The van der Waals surface area contributed by atoms with Gasteiger partial charge in [0.15, 0.2) is 0 Å². The van der Waals surface area contributed by atoms with Crippen LogP contribution in [0.2, 0.25) is 0 Å². The van der Waals surface area contributed by atoms with Crippen molar-refractivity contribution in [1.82, 2.24) is 9.80 Å². The number of benzene rings is 2. The molecular weight excluding hydrogens is 423 g/mol. The third-order valence-corrected chi connectivity index (χ3v) is 6.46. The Morgan fingerprint density at radius 3 is 2.39 bits per heavy atom. The lowest BCUT2D eigenvalue weighted by Gasteiger charge is -2.46. The minimum Gasteiger partial charge on any atom is -0.404 e. The van der Waals surface area contributed by atoms with E-state index in [1.165, 1.54) is 28.8 Å². The Hall–Kier alpha value is -3.29. The summed E-state index contributed by atoms with van der Waals surface area (Å²) >= 11 is 0. The lowest BCUT2D eigenvalue weighted by atomic mass is 9.94. The monoisotopic (exact) mass is 448 g/mol. The van der Waals surface area contributed by atoms with Gasteiger partial charge in [-0.25, -0.2) is 18.9 Å². The number of hydrogen-bond donors (Lipinski definition) is 0. The Morgan fingerprint density at radius 1 is 0.970 bits per heavy atom. The Balaban J connectivity index is 1.36. The van der Waals surface area contributed by atoms with Crippen molar-refractivity contribution in [3.8, 4) is 11.1 Å². The molecule has 2 aliphatic heterocycles. The number of fused-ring (bicyclic) bond motifs is 1. The van der Waals surface area contributed by atoms with Crippen molar-refractivity contribution in [2.45, 2.75) is 18.8 Å². The van der Waals surface area contributed by atoms with Crippen LogP contribution in [0.25, 0.3) is 16.7 Å². The maximum absolute atomic E-state index is 13.4. The first kappa shape index (κ1) is 21.6. The van der Waals surface area contributed by atoms with Gasteiger partial charge < -0.3 is 9.47 Å². The van der Waals surface area contributed by atoms with Crippen LogP contribution in [0.1, 0.15) is 17.5 Å². The molecule has 170 valence electrons. The molecule has 33 heavy (non-hydrogen) atoms. The number of piperazine rings is 1. The number of rotatable bonds is 4. The molecule has 0 aromatic heterocycles. The molecule has 0 amide bonds. The average molecular weight is 448 g/mol. The highest BCUT2D eigenvalue weighted by molar-refractivity contribution is 5.93. The van der Waals surface area contributed by atoms with Gasteiger partial charge in [-0.05, 0) is 59.8 Å². The zero-order chi connectivity index (χ0) is 23.0. The molecule has 0 unspecified atom stereocenters. The second-order valence-electron chi connectivity index (χ2n) is 8.64. The van der Waals surface area contributed by atoms with Crippen molar-refractivity contribution >= 4 is 17.5 Å². The van der Waals surface area contributed by atoms with Gasteiger partial charge in [-0.1, -0.05) is 36.4 Å². The van der Waals surface area contributed by atoms with Gasteiger partial charge in [0.2, 0.25) is 0 Å². The highest BCUT2D eigenvalue weighted by atomic mass is 19.1. The normalized spacial score (nSPS) is 20.2. The van der Waals surface area contributed by atoms with Crippen molar-refractivity contribution in [1.29, 1.82) is 0 Å². The van der Waals surface area contributed by atoms with Crippen LogP contribution in [0, 0.1) is 5.82 Å². The predicted octanol–water partition coefficient (Wildman–Crippen LogP) is 3.38. The van der Waals surface area contributed by atoms with Crippen LogP contribution in [-0.4, -0.2) is 60.9 Å². The fourth-order valence-corrected chi connectivity index (χ4v) is 4.83. The van der Waals surface area contributed by atoms with Gasteiger partial charge in [-0.2, -0.15) is 0 Å². The van der Waals surface area contributed by atoms with Gasteiger partial charge in [-0.15, -0.1) is 0 Å². The number of likely N-dealkylation sites (N-methyl/N-ethyl adjacent to an activating group) is 1. The molecule has 0 atom stereocenters. The number of halogens is 1. The second kappa shape index (κ2) is 8.57.